The van der Waals surface area contributed by atoms with Crippen molar-refractivity contribution in [3.63, 3.8) is 0 Å². The van der Waals surface area contributed by atoms with Crippen LogP contribution in [0.3, 0.4) is 0 Å². The zero-order chi connectivity index (χ0) is 13.8. The van der Waals surface area contributed by atoms with Crippen molar-refractivity contribution in [2.24, 2.45) is 0 Å². The van der Waals surface area contributed by atoms with Crippen LogP contribution in [0.4, 0.5) is 4.39 Å². The minimum absolute atomic E-state index is 0.0709. The molecule has 0 amide bonds. The molecule has 0 saturated heterocycles. The highest BCUT2D eigenvalue weighted by Gasteiger charge is 2.17. The summed E-state index contributed by atoms with van der Waals surface area (Å²) in [5.74, 6) is -0.471. The monoisotopic (exact) mass is 276 g/mol. The van der Waals surface area contributed by atoms with E-state index >= 15 is 0 Å². The van der Waals surface area contributed by atoms with Crippen molar-refractivity contribution < 1.29 is 9.18 Å². The molecule has 0 radical (unpaired) electrons. The summed E-state index contributed by atoms with van der Waals surface area (Å²) in [4.78, 5) is 11.8. The van der Waals surface area contributed by atoms with Gasteiger partial charge in [0.2, 0.25) is 0 Å². The Balaban J connectivity index is 2.23. The van der Waals surface area contributed by atoms with E-state index < -0.39 is 0 Å². The van der Waals surface area contributed by atoms with Crippen LogP contribution in [0.5, 0.6) is 0 Å². The zero-order valence-corrected chi connectivity index (χ0v) is 11.3. The smallest absolute Gasteiger partial charge is 0.137 e. The number of carbonyl (C=O) groups is 1. The summed E-state index contributed by atoms with van der Waals surface area (Å²) in [6.45, 7) is 1.56. The van der Waals surface area contributed by atoms with Gasteiger partial charge in [0.05, 0.1) is 0 Å². The van der Waals surface area contributed by atoms with Crippen LogP contribution < -0.4 is 0 Å². The average molecular weight is 277 g/mol. The van der Waals surface area contributed by atoms with Gasteiger partial charge in [0.25, 0.3) is 0 Å². The molecule has 0 heterocycles. The highest BCUT2D eigenvalue weighted by Crippen LogP contribution is 2.23. The SMILES string of the molecule is CC(=O)[C@@H](Cc1ccc(Cl)cc1)c1ccc(F)cc1. The number of carbonyl (C=O) groups excluding carboxylic acids is 1. The van der Waals surface area contributed by atoms with E-state index in [9.17, 15) is 9.18 Å². The number of hydrogen-bond acceptors (Lipinski definition) is 1. The third-order valence-corrected chi connectivity index (χ3v) is 3.37. The average Bonchev–Trinajstić information content (AvgIpc) is 2.39. The summed E-state index contributed by atoms with van der Waals surface area (Å²) >= 11 is 5.84. The molecule has 2 aromatic carbocycles. The third-order valence-electron chi connectivity index (χ3n) is 3.12. The predicted molar refractivity (Wildman–Crippen MR) is 75.0 cm³/mol. The Morgan fingerprint density at radius 2 is 1.68 bits per heavy atom. The van der Waals surface area contributed by atoms with Crippen LogP contribution in [0, 0.1) is 5.82 Å². The van der Waals surface area contributed by atoms with Crippen molar-refractivity contribution in [2.75, 3.05) is 0 Å². The van der Waals surface area contributed by atoms with Crippen LogP contribution >= 0.6 is 11.6 Å². The van der Waals surface area contributed by atoms with Crippen molar-refractivity contribution in [1.29, 1.82) is 0 Å². The van der Waals surface area contributed by atoms with Gasteiger partial charge in [-0.3, -0.25) is 4.79 Å². The minimum atomic E-state index is -0.294. The number of ketones is 1. The number of rotatable bonds is 4. The van der Waals surface area contributed by atoms with Gasteiger partial charge in [0.15, 0.2) is 0 Å². The van der Waals surface area contributed by atoms with Gasteiger partial charge >= 0.3 is 0 Å². The number of halogens is 2. The van der Waals surface area contributed by atoms with Crippen molar-refractivity contribution in [3.05, 3.63) is 70.5 Å². The molecule has 0 aliphatic rings. The normalized spacial score (nSPS) is 12.2. The highest BCUT2D eigenvalue weighted by atomic mass is 35.5. The van der Waals surface area contributed by atoms with Crippen molar-refractivity contribution in [2.45, 2.75) is 19.3 Å². The Kier molecular flexibility index (Phi) is 4.33. The molecule has 98 valence electrons. The molecule has 1 nitrogen and oxygen atoms in total. The van der Waals surface area contributed by atoms with Crippen LogP contribution in [-0.2, 0) is 11.2 Å². The largest absolute Gasteiger partial charge is 0.299 e. The maximum absolute atomic E-state index is 12.9. The van der Waals surface area contributed by atoms with Crippen molar-refractivity contribution in [1.82, 2.24) is 0 Å². The van der Waals surface area contributed by atoms with Crippen molar-refractivity contribution >= 4 is 17.4 Å². The number of Topliss-reactive ketones (excluding diaryl/α,β-unsaturated/α-hetero) is 1. The van der Waals surface area contributed by atoms with Crippen molar-refractivity contribution in [3.8, 4) is 0 Å². The summed E-state index contributed by atoms with van der Waals surface area (Å²) in [5, 5.41) is 0.671. The number of benzene rings is 2. The lowest BCUT2D eigenvalue weighted by atomic mass is 9.89. The van der Waals surface area contributed by atoms with Gasteiger partial charge in [-0.2, -0.15) is 0 Å². The van der Waals surface area contributed by atoms with Gasteiger partial charge in [0.1, 0.15) is 11.6 Å². The van der Waals surface area contributed by atoms with E-state index in [4.69, 9.17) is 11.6 Å². The molecule has 0 fully saturated rings. The molecule has 0 bridgehead atoms. The molecule has 0 aliphatic carbocycles. The van der Waals surface area contributed by atoms with Crippen LogP contribution in [0.2, 0.25) is 5.02 Å². The van der Waals surface area contributed by atoms with E-state index in [1.165, 1.54) is 12.1 Å². The predicted octanol–water partition coefficient (Wildman–Crippen LogP) is 4.39. The first-order valence-corrected chi connectivity index (χ1v) is 6.44. The molecule has 0 aliphatic heterocycles. The topological polar surface area (TPSA) is 17.1 Å². The van der Waals surface area contributed by atoms with Gasteiger partial charge in [0, 0.05) is 10.9 Å². The van der Waals surface area contributed by atoms with Crippen LogP contribution in [0.25, 0.3) is 0 Å². The lowest BCUT2D eigenvalue weighted by Gasteiger charge is -2.14. The fourth-order valence-electron chi connectivity index (χ4n) is 2.05. The molecule has 0 aromatic heterocycles. The second-order valence-electron chi connectivity index (χ2n) is 4.55. The summed E-state index contributed by atoms with van der Waals surface area (Å²) in [6, 6.07) is 13.5. The molecule has 1 atom stereocenters. The minimum Gasteiger partial charge on any atom is -0.299 e. The molecule has 2 aromatic rings. The maximum atomic E-state index is 12.9. The first-order valence-electron chi connectivity index (χ1n) is 6.06. The molecule has 0 saturated carbocycles. The van der Waals surface area contributed by atoms with Gasteiger partial charge in [-0.15, -0.1) is 0 Å². The van der Waals surface area contributed by atoms with E-state index in [-0.39, 0.29) is 17.5 Å². The summed E-state index contributed by atoms with van der Waals surface area (Å²) in [7, 11) is 0. The standard InChI is InChI=1S/C16H14ClFO/c1-11(19)16(13-4-8-15(18)9-5-13)10-12-2-6-14(17)7-3-12/h2-9,16H,10H2,1H3/t16-/m1/s1. The Morgan fingerprint density at radius 1 is 1.11 bits per heavy atom. The Hall–Kier alpha value is -1.67. The van der Waals surface area contributed by atoms with Crippen LogP contribution in [0.1, 0.15) is 24.0 Å². The summed E-state index contributed by atoms with van der Waals surface area (Å²) < 4.78 is 12.9. The van der Waals surface area contributed by atoms with E-state index in [1.54, 1.807) is 31.2 Å². The van der Waals surface area contributed by atoms with Crippen LogP contribution in [-0.4, -0.2) is 5.78 Å². The number of hydrogen-bond donors (Lipinski definition) is 0. The third kappa shape index (κ3) is 3.65. The first kappa shape index (κ1) is 13.8. The Bertz CT molecular complexity index is 560. The molecule has 19 heavy (non-hydrogen) atoms. The van der Waals surface area contributed by atoms with Gasteiger partial charge in [-0.25, -0.2) is 4.39 Å². The second-order valence-corrected chi connectivity index (χ2v) is 4.98. The lowest BCUT2D eigenvalue weighted by Crippen LogP contribution is -2.12. The maximum Gasteiger partial charge on any atom is 0.137 e. The molecule has 0 spiro atoms. The lowest BCUT2D eigenvalue weighted by molar-refractivity contribution is -0.118. The molecular weight excluding hydrogens is 263 g/mol. The molecule has 3 heteroatoms. The fourth-order valence-corrected chi connectivity index (χ4v) is 2.17. The Labute approximate surface area is 117 Å². The van der Waals surface area contributed by atoms with Crippen LogP contribution in [0.15, 0.2) is 48.5 Å². The molecular formula is C16H14ClFO. The highest BCUT2D eigenvalue weighted by molar-refractivity contribution is 6.30. The zero-order valence-electron chi connectivity index (χ0n) is 10.6. The molecule has 0 unspecified atom stereocenters. The van der Waals surface area contributed by atoms with Gasteiger partial charge < -0.3 is 0 Å². The first-order chi connectivity index (χ1) is 9.06. The molecule has 2 rings (SSSR count). The van der Waals surface area contributed by atoms with E-state index in [1.807, 2.05) is 12.1 Å². The fraction of sp³-hybridized carbons (Fsp3) is 0.188. The van der Waals surface area contributed by atoms with Gasteiger partial charge in [-0.05, 0) is 48.7 Å². The van der Waals surface area contributed by atoms with E-state index in [0.29, 0.717) is 11.4 Å². The van der Waals surface area contributed by atoms with E-state index in [2.05, 4.69) is 0 Å². The summed E-state index contributed by atoms with van der Waals surface area (Å²) in [6.07, 6.45) is 0.595. The molecule has 0 N–H and O–H groups in total. The van der Waals surface area contributed by atoms with E-state index in [0.717, 1.165) is 11.1 Å². The van der Waals surface area contributed by atoms with Gasteiger partial charge in [-0.1, -0.05) is 35.9 Å². The second kappa shape index (κ2) is 5.98. The summed E-state index contributed by atoms with van der Waals surface area (Å²) in [5.41, 5.74) is 1.87. The quantitative estimate of drug-likeness (QED) is 0.809. The Morgan fingerprint density at radius 3 is 2.21 bits per heavy atom.